The molecular weight excluding hydrogens is 376 g/mol. The summed E-state index contributed by atoms with van der Waals surface area (Å²) in [6, 6.07) is 24.1. The predicted octanol–water partition coefficient (Wildman–Crippen LogP) is 5.22. The fraction of sp³-hybridized carbons (Fsp3) is 0.0476. The average molecular weight is 391 g/mol. The smallest absolute Gasteiger partial charge is 0.270 e. The number of nitro benzene ring substituents is 1. The van der Waals surface area contributed by atoms with Crippen LogP contribution in [0.2, 0.25) is 5.02 Å². The number of rotatable bonds is 5. The van der Waals surface area contributed by atoms with E-state index in [4.69, 9.17) is 11.6 Å². The second-order valence-corrected chi connectivity index (χ2v) is 6.61. The molecule has 28 heavy (non-hydrogen) atoms. The first kappa shape index (κ1) is 17.9. The van der Waals surface area contributed by atoms with Crippen LogP contribution in [0.5, 0.6) is 0 Å². The molecule has 0 saturated heterocycles. The first-order chi connectivity index (χ1) is 13.6. The first-order valence-electron chi connectivity index (χ1n) is 8.60. The molecule has 1 heterocycles. The number of nitrogens with zero attached hydrogens (tertiary/aromatic N) is 4. The molecule has 1 aromatic heterocycles. The van der Waals surface area contributed by atoms with Crippen LogP contribution in [0.15, 0.2) is 78.9 Å². The second-order valence-electron chi connectivity index (χ2n) is 6.21. The van der Waals surface area contributed by atoms with E-state index >= 15 is 0 Å². The Hall–Kier alpha value is -3.51. The third-order valence-electron chi connectivity index (χ3n) is 4.37. The number of nitro groups is 1. The molecule has 0 aliphatic rings. The molecule has 0 spiro atoms. The quantitative estimate of drug-likeness (QED) is 0.346. The van der Waals surface area contributed by atoms with Crippen LogP contribution in [-0.4, -0.2) is 19.7 Å². The van der Waals surface area contributed by atoms with Crippen LogP contribution in [0.25, 0.3) is 22.8 Å². The van der Waals surface area contributed by atoms with Crippen LogP contribution in [0.1, 0.15) is 5.56 Å². The van der Waals surface area contributed by atoms with Gasteiger partial charge in [-0.25, -0.2) is 0 Å². The Morgan fingerprint density at radius 2 is 1.54 bits per heavy atom. The van der Waals surface area contributed by atoms with Gasteiger partial charge in [0, 0.05) is 23.3 Å². The molecule has 0 bridgehead atoms. The number of hydrogen-bond donors (Lipinski definition) is 0. The standard InChI is InChI=1S/C21H15ClN4O2/c22-19-13-17(26(27)28)11-12-18(19)21-24-23-20(16-9-5-2-6-10-16)25(21)14-15-7-3-1-4-8-15/h1-13H,14H2. The molecule has 6 nitrogen and oxygen atoms in total. The zero-order valence-electron chi connectivity index (χ0n) is 14.7. The van der Waals surface area contributed by atoms with Gasteiger partial charge >= 0.3 is 0 Å². The molecule has 0 atom stereocenters. The van der Waals surface area contributed by atoms with E-state index in [0.717, 1.165) is 11.1 Å². The lowest BCUT2D eigenvalue weighted by atomic mass is 10.1. The topological polar surface area (TPSA) is 73.8 Å². The van der Waals surface area contributed by atoms with Crippen LogP contribution >= 0.6 is 11.6 Å². The second kappa shape index (κ2) is 7.62. The highest BCUT2D eigenvalue weighted by Crippen LogP contribution is 2.32. The van der Waals surface area contributed by atoms with Crippen molar-refractivity contribution in [1.29, 1.82) is 0 Å². The van der Waals surface area contributed by atoms with Gasteiger partial charge in [0.1, 0.15) is 0 Å². The number of non-ortho nitro benzene ring substituents is 1. The minimum atomic E-state index is -0.472. The molecule has 4 rings (SSSR count). The summed E-state index contributed by atoms with van der Waals surface area (Å²) >= 11 is 6.35. The maximum atomic E-state index is 11.0. The lowest BCUT2D eigenvalue weighted by molar-refractivity contribution is -0.384. The van der Waals surface area contributed by atoms with E-state index < -0.39 is 4.92 Å². The molecule has 0 radical (unpaired) electrons. The van der Waals surface area contributed by atoms with Gasteiger partial charge in [-0.3, -0.25) is 10.1 Å². The number of halogens is 1. The summed E-state index contributed by atoms with van der Waals surface area (Å²) in [4.78, 5) is 10.5. The van der Waals surface area contributed by atoms with Crippen LogP contribution in [0.4, 0.5) is 5.69 Å². The van der Waals surface area contributed by atoms with Crippen LogP contribution in [-0.2, 0) is 6.54 Å². The highest BCUT2D eigenvalue weighted by molar-refractivity contribution is 6.33. The minimum absolute atomic E-state index is 0.0637. The average Bonchev–Trinajstić information content (AvgIpc) is 3.12. The van der Waals surface area contributed by atoms with Gasteiger partial charge < -0.3 is 4.57 Å². The van der Waals surface area contributed by atoms with Crippen molar-refractivity contribution in [2.45, 2.75) is 6.54 Å². The van der Waals surface area contributed by atoms with E-state index in [9.17, 15) is 10.1 Å². The zero-order valence-corrected chi connectivity index (χ0v) is 15.5. The van der Waals surface area contributed by atoms with Crippen molar-refractivity contribution in [3.8, 4) is 22.8 Å². The summed E-state index contributed by atoms with van der Waals surface area (Å²) in [6.07, 6.45) is 0. The molecule has 0 unspecified atom stereocenters. The number of hydrogen-bond acceptors (Lipinski definition) is 4. The van der Waals surface area contributed by atoms with Gasteiger partial charge in [0.15, 0.2) is 11.6 Å². The van der Waals surface area contributed by atoms with Gasteiger partial charge in [-0.15, -0.1) is 10.2 Å². The van der Waals surface area contributed by atoms with Crippen molar-refractivity contribution in [3.63, 3.8) is 0 Å². The highest BCUT2D eigenvalue weighted by Gasteiger charge is 2.19. The Morgan fingerprint density at radius 3 is 2.18 bits per heavy atom. The van der Waals surface area contributed by atoms with E-state index in [0.29, 0.717) is 23.8 Å². The fourth-order valence-corrected chi connectivity index (χ4v) is 3.28. The van der Waals surface area contributed by atoms with Gasteiger partial charge in [0.05, 0.1) is 16.5 Å². The van der Waals surface area contributed by atoms with E-state index in [2.05, 4.69) is 10.2 Å². The third kappa shape index (κ3) is 3.50. The summed E-state index contributed by atoms with van der Waals surface area (Å²) in [6.45, 7) is 0.542. The van der Waals surface area contributed by atoms with E-state index in [1.165, 1.54) is 12.1 Å². The van der Waals surface area contributed by atoms with Crippen molar-refractivity contribution in [2.24, 2.45) is 0 Å². The van der Waals surface area contributed by atoms with Crippen LogP contribution < -0.4 is 0 Å². The third-order valence-corrected chi connectivity index (χ3v) is 4.68. The molecule has 0 fully saturated rings. The van der Waals surface area contributed by atoms with Gasteiger partial charge in [-0.1, -0.05) is 72.3 Å². The Kier molecular flexibility index (Phi) is 4.87. The monoisotopic (exact) mass is 390 g/mol. The molecule has 0 aliphatic heterocycles. The van der Waals surface area contributed by atoms with E-state index in [1.807, 2.05) is 65.2 Å². The predicted molar refractivity (Wildman–Crippen MR) is 108 cm³/mol. The summed E-state index contributed by atoms with van der Waals surface area (Å²) in [7, 11) is 0. The molecule has 7 heteroatoms. The summed E-state index contributed by atoms with van der Waals surface area (Å²) in [5.74, 6) is 1.26. The van der Waals surface area contributed by atoms with Crippen molar-refractivity contribution in [3.05, 3.63) is 99.6 Å². The summed E-state index contributed by atoms with van der Waals surface area (Å²) in [5, 5.41) is 20.0. The lowest BCUT2D eigenvalue weighted by Crippen LogP contribution is -2.05. The Labute approximate surface area is 166 Å². The van der Waals surface area contributed by atoms with Gasteiger partial charge in [-0.2, -0.15) is 0 Å². The molecule has 3 aromatic carbocycles. The molecule has 4 aromatic rings. The maximum Gasteiger partial charge on any atom is 0.270 e. The zero-order chi connectivity index (χ0) is 19.5. The normalized spacial score (nSPS) is 10.8. The lowest BCUT2D eigenvalue weighted by Gasteiger charge is -2.12. The van der Waals surface area contributed by atoms with Gasteiger partial charge in [-0.05, 0) is 11.6 Å². The van der Waals surface area contributed by atoms with Gasteiger partial charge in [0.25, 0.3) is 5.69 Å². The fourth-order valence-electron chi connectivity index (χ4n) is 3.02. The summed E-state index contributed by atoms with van der Waals surface area (Å²) < 4.78 is 1.97. The van der Waals surface area contributed by atoms with Gasteiger partial charge in [0.2, 0.25) is 0 Å². The number of benzene rings is 3. The van der Waals surface area contributed by atoms with Crippen molar-refractivity contribution < 1.29 is 4.92 Å². The highest BCUT2D eigenvalue weighted by atomic mass is 35.5. The molecule has 0 amide bonds. The van der Waals surface area contributed by atoms with E-state index in [1.54, 1.807) is 6.07 Å². The largest absolute Gasteiger partial charge is 0.302 e. The van der Waals surface area contributed by atoms with E-state index in [-0.39, 0.29) is 10.7 Å². The van der Waals surface area contributed by atoms with Crippen molar-refractivity contribution in [2.75, 3.05) is 0 Å². The first-order valence-corrected chi connectivity index (χ1v) is 8.98. The minimum Gasteiger partial charge on any atom is -0.302 e. The van der Waals surface area contributed by atoms with Crippen molar-refractivity contribution >= 4 is 17.3 Å². The maximum absolute atomic E-state index is 11.0. The molecular formula is C21H15ClN4O2. The Balaban J connectivity index is 1.86. The molecule has 138 valence electrons. The van der Waals surface area contributed by atoms with Crippen LogP contribution in [0.3, 0.4) is 0 Å². The van der Waals surface area contributed by atoms with Crippen molar-refractivity contribution in [1.82, 2.24) is 14.8 Å². The Morgan fingerprint density at radius 1 is 0.893 bits per heavy atom. The molecule has 0 N–H and O–H groups in total. The summed E-state index contributed by atoms with van der Waals surface area (Å²) in [5.41, 5.74) is 2.54. The SMILES string of the molecule is O=[N+]([O-])c1ccc(-c2nnc(-c3ccccc3)n2Cc2ccccc2)c(Cl)c1. The number of aromatic nitrogens is 3. The Bertz CT molecular complexity index is 1130. The molecule has 0 aliphatic carbocycles. The van der Waals surface area contributed by atoms with Crippen LogP contribution in [0, 0.1) is 10.1 Å². The molecule has 0 saturated carbocycles.